The first-order valence-corrected chi connectivity index (χ1v) is 9.76. The average molecular weight is 370 g/mol. The van der Waals surface area contributed by atoms with Gasteiger partial charge in [-0.25, -0.2) is 8.42 Å². The maximum Gasteiger partial charge on any atom is 0.239 e. The summed E-state index contributed by atoms with van der Waals surface area (Å²) in [5.41, 5.74) is 1.90. The Morgan fingerprint density at radius 2 is 1.88 bits per heavy atom. The molecule has 3 rings (SSSR count). The van der Waals surface area contributed by atoms with Gasteiger partial charge in [0, 0.05) is 30.5 Å². The number of benzene rings is 1. The molecular formula is C18H18N4O3S. The molecule has 2 heterocycles. The molecule has 1 aromatic carbocycles. The largest absolute Gasteiger partial charge is 0.323 e. The molecule has 134 valence electrons. The summed E-state index contributed by atoms with van der Waals surface area (Å²) in [4.78, 5) is 20.7. The number of carbonyl (C=O) groups is 1. The standard InChI is InChI=1S/C18H18N4O3S/c1-26(24,25)22(12-14-5-3-9-19-11-14)13-17(23)21-16-8-2-6-15-7-4-10-20-18(15)16/h2-11H,12-13H2,1H3,(H,21,23). The number of sulfonamides is 1. The van der Waals surface area contributed by atoms with Crippen LogP contribution in [0.15, 0.2) is 61.1 Å². The number of para-hydroxylation sites is 1. The van der Waals surface area contributed by atoms with Crippen LogP contribution in [0, 0.1) is 0 Å². The topological polar surface area (TPSA) is 92.3 Å². The van der Waals surface area contributed by atoms with Crippen LogP contribution < -0.4 is 5.32 Å². The SMILES string of the molecule is CS(=O)(=O)N(CC(=O)Nc1cccc2cccnc12)Cc1cccnc1. The summed E-state index contributed by atoms with van der Waals surface area (Å²) in [5, 5.41) is 3.64. The van der Waals surface area contributed by atoms with Crippen LogP contribution in [0.25, 0.3) is 10.9 Å². The Morgan fingerprint density at radius 3 is 2.62 bits per heavy atom. The maximum absolute atomic E-state index is 12.4. The number of hydrogen-bond donors (Lipinski definition) is 1. The van der Waals surface area contributed by atoms with Gasteiger partial charge in [-0.05, 0) is 23.8 Å². The van der Waals surface area contributed by atoms with Crippen LogP contribution in [0.3, 0.4) is 0 Å². The molecule has 0 fully saturated rings. The van der Waals surface area contributed by atoms with E-state index in [-0.39, 0.29) is 13.1 Å². The Morgan fingerprint density at radius 1 is 1.12 bits per heavy atom. The molecule has 0 saturated carbocycles. The predicted octanol–water partition coefficient (Wildman–Crippen LogP) is 2.03. The minimum Gasteiger partial charge on any atom is -0.323 e. The Bertz CT molecular complexity index is 1020. The highest BCUT2D eigenvalue weighted by molar-refractivity contribution is 7.88. The molecule has 3 aromatic rings. The van der Waals surface area contributed by atoms with E-state index in [0.29, 0.717) is 16.8 Å². The molecule has 0 aliphatic rings. The minimum atomic E-state index is -3.56. The molecule has 0 aliphatic heterocycles. The summed E-state index contributed by atoms with van der Waals surface area (Å²) in [6.45, 7) is -0.217. The molecule has 26 heavy (non-hydrogen) atoms. The molecule has 0 aliphatic carbocycles. The fraction of sp³-hybridized carbons (Fsp3) is 0.167. The van der Waals surface area contributed by atoms with Gasteiger partial charge in [0.15, 0.2) is 0 Å². The molecule has 1 N–H and O–H groups in total. The van der Waals surface area contributed by atoms with Gasteiger partial charge in [0.25, 0.3) is 0 Å². The van der Waals surface area contributed by atoms with Crippen molar-refractivity contribution in [1.82, 2.24) is 14.3 Å². The summed E-state index contributed by atoms with van der Waals surface area (Å²) >= 11 is 0. The molecular weight excluding hydrogens is 352 g/mol. The van der Waals surface area contributed by atoms with Crippen LogP contribution in [0.5, 0.6) is 0 Å². The Hall–Kier alpha value is -2.84. The molecule has 2 aromatic heterocycles. The van der Waals surface area contributed by atoms with Gasteiger partial charge in [0.2, 0.25) is 15.9 Å². The number of rotatable bonds is 6. The van der Waals surface area contributed by atoms with E-state index in [0.717, 1.165) is 15.9 Å². The molecule has 7 nitrogen and oxygen atoms in total. The second-order valence-electron chi connectivity index (χ2n) is 5.82. The van der Waals surface area contributed by atoms with E-state index in [9.17, 15) is 13.2 Å². The zero-order chi connectivity index (χ0) is 18.6. The van der Waals surface area contributed by atoms with E-state index < -0.39 is 15.9 Å². The van der Waals surface area contributed by atoms with Crippen molar-refractivity contribution in [1.29, 1.82) is 0 Å². The summed E-state index contributed by atoms with van der Waals surface area (Å²) in [6.07, 6.45) is 5.90. The number of hydrogen-bond acceptors (Lipinski definition) is 5. The van der Waals surface area contributed by atoms with E-state index in [1.165, 1.54) is 0 Å². The maximum atomic E-state index is 12.4. The lowest BCUT2D eigenvalue weighted by molar-refractivity contribution is -0.116. The van der Waals surface area contributed by atoms with Crippen molar-refractivity contribution in [3.8, 4) is 0 Å². The van der Waals surface area contributed by atoms with Crippen molar-refractivity contribution < 1.29 is 13.2 Å². The summed E-state index contributed by atoms with van der Waals surface area (Å²) < 4.78 is 25.2. The molecule has 0 bridgehead atoms. The highest BCUT2D eigenvalue weighted by Gasteiger charge is 2.21. The highest BCUT2D eigenvalue weighted by atomic mass is 32.2. The third-order valence-electron chi connectivity index (χ3n) is 3.78. The van der Waals surface area contributed by atoms with Gasteiger partial charge in [0.05, 0.1) is 24.0 Å². The lowest BCUT2D eigenvalue weighted by atomic mass is 10.2. The van der Waals surface area contributed by atoms with Crippen molar-refractivity contribution in [3.05, 3.63) is 66.6 Å². The third-order valence-corrected chi connectivity index (χ3v) is 4.97. The van der Waals surface area contributed by atoms with Gasteiger partial charge in [-0.3, -0.25) is 14.8 Å². The second kappa shape index (κ2) is 7.59. The Labute approximate surface area is 151 Å². The molecule has 0 unspecified atom stereocenters. The third kappa shape index (κ3) is 4.41. The number of pyridine rings is 2. The van der Waals surface area contributed by atoms with Gasteiger partial charge in [-0.1, -0.05) is 24.3 Å². The van der Waals surface area contributed by atoms with Gasteiger partial charge in [-0.2, -0.15) is 4.31 Å². The predicted molar refractivity (Wildman–Crippen MR) is 99.9 cm³/mol. The average Bonchev–Trinajstić information content (AvgIpc) is 2.61. The highest BCUT2D eigenvalue weighted by Crippen LogP contribution is 2.20. The smallest absolute Gasteiger partial charge is 0.239 e. The number of fused-ring (bicyclic) bond motifs is 1. The normalized spacial score (nSPS) is 11.6. The van der Waals surface area contributed by atoms with E-state index in [4.69, 9.17) is 0 Å². The molecule has 0 spiro atoms. The Balaban J connectivity index is 1.77. The minimum absolute atomic E-state index is 0.0773. The number of aromatic nitrogens is 2. The molecule has 0 saturated heterocycles. The van der Waals surface area contributed by atoms with Crippen LogP contribution in [0.2, 0.25) is 0 Å². The van der Waals surface area contributed by atoms with Crippen LogP contribution >= 0.6 is 0 Å². The lowest BCUT2D eigenvalue weighted by Gasteiger charge is -2.19. The number of nitrogens with zero attached hydrogens (tertiary/aromatic N) is 3. The lowest BCUT2D eigenvalue weighted by Crippen LogP contribution is -2.37. The number of anilines is 1. The van der Waals surface area contributed by atoms with Gasteiger partial charge >= 0.3 is 0 Å². The fourth-order valence-electron chi connectivity index (χ4n) is 2.54. The monoisotopic (exact) mass is 370 g/mol. The van der Waals surface area contributed by atoms with Gasteiger partial charge in [0.1, 0.15) is 0 Å². The van der Waals surface area contributed by atoms with E-state index in [2.05, 4.69) is 15.3 Å². The first-order valence-electron chi connectivity index (χ1n) is 7.91. The molecule has 8 heteroatoms. The first-order chi connectivity index (χ1) is 12.4. The zero-order valence-corrected chi connectivity index (χ0v) is 15.0. The van der Waals surface area contributed by atoms with Crippen molar-refractivity contribution in [2.45, 2.75) is 6.54 Å². The number of amides is 1. The van der Waals surface area contributed by atoms with Crippen molar-refractivity contribution in [2.24, 2.45) is 0 Å². The zero-order valence-electron chi connectivity index (χ0n) is 14.2. The van der Waals surface area contributed by atoms with Crippen molar-refractivity contribution in [2.75, 3.05) is 18.1 Å². The Kier molecular flexibility index (Phi) is 5.24. The quantitative estimate of drug-likeness (QED) is 0.717. The van der Waals surface area contributed by atoms with Crippen LogP contribution in [0.1, 0.15) is 5.56 Å². The first kappa shape index (κ1) is 18.0. The van der Waals surface area contributed by atoms with E-state index in [1.54, 1.807) is 36.8 Å². The van der Waals surface area contributed by atoms with Gasteiger partial charge < -0.3 is 5.32 Å². The fourth-order valence-corrected chi connectivity index (χ4v) is 3.28. The second-order valence-corrected chi connectivity index (χ2v) is 7.80. The summed E-state index contributed by atoms with van der Waals surface area (Å²) in [6, 6.07) is 12.6. The van der Waals surface area contributed by atoms with Crippen molar-refractivity contribution in [3.63, 3.8) is 0 Å². The van der Waals surface area contributed by atoms with Crippen LogP contribution in [-0.4, -0.2) is 41.4 Å². The summed E-state index contributed by atoms with van der Waals surface area (Å²) in [5.74, 6) is -0.433. The van der Waals surface area contributed by atoms with E-state index in [1.807, 2.05) is 24.3 Å². The van der Waals surface area contributed by atoms with E-state index >= 15 is 0 Å². The number of nitrogens with one attached hydrogen (secondary N) is 1. The van der Waals surface area contributed by atoms with Crippen molar-refractivity contribution >= 4 is 32.5 Å². The molecule has 0 radical (unpaired) electrons. The van der Waals surface area contributed by atoms with Crippen LogP contribution in [0.4, 0.5) is 5.69 Å². The summed E-state index contributed by atoms with van der Waals surface area (Å²) in [7, 11) is -3.56. The van der Waals surface area contributed by atoms with Crippen LogP contribution in [-0.2, 0) is 21.4 Å². The van der Waals surface area contributed by atoms with Gasteiger partial charge in [-0.15, -0.1) is 0 Å². The number of carbonyl (C=O) groups excluding carboxylic acids is 1. The molecule has 0 atom stereocenters. The molecule has 1 amide bonds.